The van der Waals surface area contributed by atoms with Gasteiger partial charge in [0.25, 0.3) is 0 Å². The zero-order valence-electron chi connectivity index (χ0n) is 15.4. The molecule has 0 spiro atoms. The molecule has 1 atom stereocenters. The van der Waals surface area contributed by atoms with Crippen molar-refractivity contribution in [3.05, 3.63) is 57.3 Å². The molecule has 0 aromatic heterocycles. The van der Waals surface area contributed by atoms with Gasteiger partial charge >= 0.3 is 0 Å². The third-order valence-electron chi connectivity index (χ3n) is 5.29. The van der Waals surface area contributed by atoms with Crippen LogP contribution in [0.3, 0.4) is 0 Å². The molecule has 0 saturated carbocycles. The molecule has 0 bridgehead atoms. The van der Waals surface area contributed by atoms with E-state index < -0.39 is 4.76 Å². The Morgan fingerprint density at radius 1 is 1.22 bits per heavy atom. The van der Waals surface area contributed by atoms with Gasteiger partial charge in [0.2, 0.25) is 0 Å². The molecule has 2 aliphatic heterocycles. The minimum atomic E-state index is -0.706. The Kier molecular flexibility index (Phi) is 5.05. The first kappa shape index (κ1) is 18.9. The van der Waals surface area contributed by atoms with Crippen LogP contribution in [0, 0.1) is 5.21 Å². The van der Waals surface area contributed by atoms with Gasteiger partial charge in [0.1, 0.15) is 12.3 Å². The molecule has 0 amide bonds. The molecule has 2 heterocycles. The van der Waals surface area contributed by atoms with Crippen LogP contribution in [0.25, 0.3) is 0 Å². The summed E-state index contributed by atoms with van der Waals surface area (Å²) in [5.74, 6) is 0. The normalized spacial score (nSPS) is 19.9. The van der Waals surface area contributed by atoms with Crippen LogP contribution in [0.15, 0.2) is 45.2 Å². The van der Waals surface area contributed by atoms with Gasteiger partial charge in [0.15, 0.2) is 5.69 Å². The SMILES string of the molecule is CCN(CC)CC[N+]1([O-])N=C2c3ccc(Cl)cc3Sc3c(CO)ccc1c32. The van der Waals surface area contributed by atoms with E-state index in [2.05, 4.69) is 23.8 Å². The van der Waals surface area contributed by atoms with Gasteiger partial charge < -0.3 is 10.3 Å². The maximum absolute atomic E-state index is 13.7. The van der Waals surface area contributed by atoms with E-state index in [4.69, 9.17) is 11.6 Å². The first-order chi connectivity index (χ1) is 13.0. The Morgan fingerprint density at radius 3 is 2.70 bits per heavy atom. The molecule has 0 radical (unpaired) electrons. The standard InChI is InChI=1S/C20H22ClN3O2S/c1-3-23(4-2)9-10-24(26)16-8-5-13(12-25)20-18(16)19(22-24)15-7-6-14(21)11-17(15)27-20/h5-8,11,25H,3-4,9-10,12H2,1-2H3. The van der Waals surface area contributed by atoms with E-state index in [0.717, 1.165) is 45.3 Å². The predicted molar refractivity (Wildman–Crippen MR) is 111 cm³/mol. The number of benzene rings is 2. The van der Waals surface area contributed by atoms with Gasteiger partial charge in [0.05, 0.1) is 18.7 Å². The third kappa shape index (κ3) is 3.10. The highest BCUT2D eigenvalue weighted by atomic mass is 35.5. The summed E-state index contributed by atoms with van der Waals surface area (Å²) < 4.78 is -0.706. The highest BCUT2D eigenvalue weighted by Crippen LogP contribution is 2.50. The van der Waals surface area contributed by atoms with Gasteiger partial charge in [-0.15, -0.1) is 0 Å². The number of nitrogens with zero attached hydrogens (tertiary/aromatic N) is 3. The Labute approximate surface area is 168 Å². The zero-order chi connectivity index (χ0) is 19.2. The van der Waals surface area contributed by atoms with E-state index in [1.165, 1.54) is 0 Å². The van der Waals surface area contributed by atoms with Gasteiger partial charge in [-0.1, -0.05) is 42.3 Å². The lowest BCUT2D eigenvalue weighted by molar-refractivity contribution is 0.261. The lowest BCUT2D eigenvalue weighted by atomic mass is 9.98. The van der Waals surface area contributed by atoms with Crippen LogP contribution in [0.4, 0.5) is 5.69 Å². The van der Waals surface area contributed by atoms with E-state index in [-0.39, 0.29) is 6.61 Å². The first-order valence-electron chi connectivity index (χ1n) is 9.17. The van der Waals surface area contributed by atoms with Crippen molar-refractivity contribution in [2.24, 2.45) is 5.10 Å². The van der Waals surface area contributed by atoms with Crippen molar-refractivity contribution in [1.29, 1.82) is 0 Å². The van der Waals surface area contributed by atoms with Gasteiger partial charge in [-0.05, 0) is 42.9 Å². The number of hydrogen-bond donors (Lipinski definition) is 1. The average molecular weight is 404 g/mol. The molecule has 0 saturated heterocycles. The minimum Gasteiger partial charge on any atom is -0.599 e. The minimum absolute atomic E-state index is 0.0723. The molecular weight excluding hydrogens is 382 g/mol. The summed E-state index contributed by atoms with van der Waals surface area (Å²) in [6.45, 7) is 6.99. The van der Waals surface area contributed by atoms with Gasteiger partial charge in [-0.25, -0.2) is 0 Å². The van der Waals surface area contributed by atoms with E-state index in [1.54, 1.807) is 11.8 Å². The summed E-state index contributed by atoms with van der Waals surface area (Å²) >= 11 is 7.74. The van der Waals surface area contributed by atoms with Crippen molar-refractivity contribution in [3.8, 4) is 0 Å². The van der Waals surface area contributed by atoms with Crippen LogP contribution >= 0.6 is 23.4 Å². The van der Waals surface area contributed by atoms with Gasteiger partial charge in [0, 0.05) is 26.4 Å². The summed E-state index contributed by atoms with van der Waals surface area (Å²) in [6.07, 6.45) is 0. The van der Waals surface area contributed by atoms with E-state index >= 15 is 0 Å². The molecule has 2 aromatic rings. The number of aliphatic hydroxyl groups excluding tert-OH is 1. The number of rotatable bonds is 6. The topological polar surface area (TPSA) is 58.9 Å². The number of hydroxylamine groups is 1. The van der Waals surface area contributed by atoms with E-state index in [1.807, 2.05) is 30.3 Å². The maximum atomic E-state index is 13.7. The Balaban J connectivity index is 1.84. The first-order valence-corrected chi connectivity index (χ1v) is 10.4. The summed E-state index contributed by atoms with van der Waals surface area (Å²) in [5.41, 5.74) is 4.00. The molecule has 0 aliphatic carbocycles. The number of fused-ring (bicyclic) bond motifs is 2. The second-order valence-corrected chi connectivity index (χ2v) is 8.24. The van der Waals surface area contributed by atoms with Crippen molar-refractivity contribution < 1.29 is 5.11 Å². The monoisotopic (exact) mass is 403 g/mol. The van der Waals surface area contributed by atoms with Crippen LogP contribution in [0.5, 0.6) is 0 Å². The summed E-state index contributed by atoms with van der Waals surface area (Å²) in [4.78, 5) is 4.12. The van der Waals surface area contributed by atoms with Crippen LogP contribution < -0.4 is 4.76 Å². The van der Waals surface area contributed by atoms with Crippen LogP contribution in [0.2, 0.25) is 5.02 Å². The number of halogens is 1. The van der Waals surface area contributed by atoms with Crippen molar-refractivity contribution in [2.45, 2.75) is 30.2 Å². The molecular formula is C20H22ClN3O2S. The number of aliphatic hydroxyl groups is 1. The number of quaternary nitrogens is 1. The Morgan fingerprint density at radius 2 is 2.00 bits per heavy atom. The lowest BCUT2D eigenvalue weighted by Gasteiger charge is -2.34. The van der Waals surface area contributed by atoms with E-state index in [9.17, 15) is 10.3 Å². The van der Waals surface area contributed by atoms with Crippen LogP contribution in [-0.4, -0.2) is 41.9 Å². The van der Waals surface area contributed by atoms with E-state index in [0.29, 0.717) is 23.8 Å². The number of hydrogen-bond acceptors (Lipinski definition) is 5. The largest absolute Gasteiger partial charge is 0.599 e. The van der Waals surface area contributed by atoms with Crippen molar-refractivity contribution in [3.63, 3.8) is 0 Å². The lowest BCUT2D eigenvalue weighted by Crippen LogP contribution is -2.43. The molecule has 5 nitrogen and oxygen atoms in total. The smallest absolute Gasteiger partial charge is 0.170 e. The molecule has 2 aliphatic rings. The zero-order valence-corrected chi connectivity index (χ0v) is 17.0. The average Bonchev–Trinajstić information content (AvgIpc) is 2.97. The molecule has 1 N–H and O–H groups in total. The molecule has 27 heavy (non-hydrogen) atoms. The predicted octanol–water partition coefficient (Wildman–Crippen LogP) is 4.21. The highest BCUT2D eigenvalue weighted by Gasteiger charge is 2.41. The highest BCUT2D eigenvalue weighted by molar-refractivity contribution is 7.99. The summed E-state index contributed by atoms with van der Waals surface area (Å²) in [5, 5.41) is 28.8. The van der Waals surface area contributed by atoms with Crippen LogP contribution in [0.1, 0.15) is 30.5 Å². The summed E-state index contributed by atoms with van der Waals surface area (Å²) in [7, 11) is 0. The summed E-state index contributed by atoms with van der Waals surface area (Å²) in [6, 6.07) is 9.34. The third-order valence-corrected chi connectivity index (χ3v) is 6.75. The molecule has 4 rings (SSSR count). The molecule has 142 valence electrons. The fourth-order valence-electron chi connectivity index (χ4n) is 3.70. The molecule has 0 fully saturated rings. The second kappa shape index (κ2) is 7.20. The number of likely N-dealkylation sites (N-methyl/N-ethyl adjacent to an activating group) is 1. The molecule has 2 aromatic carbocycles. The fourth-order valence-corrected chi connectivity index (χ4v) is 5.19. The maximum Gasteiger partial charge on any atom is 0.170 e. The Hall–Kier alpha value is -1.41. The quantitative estimate of drug-likeness (QED) is 0.494. The Bertz CT molecular complexity index is 930. The molecule has 1 unspecified atom stereocenters. The van der Waals surface area contributed by atoms with Crippen molar-refractivity contribution >= 4 is 34.8 Å². The van der Waals surface area contributed by atoms with Gasteiger partial charge in [-0.2, -0.15) is 4.76 Å². The molecule has 7 heteroatoms. The van der Waals surface area contributed by atoms with Crippen LogP contribution in [-0.2, 0) is 6.61 Å². The fraction of sp³-hybridized carbons (Fsp3) is 0.350. The van der Waals surface area contributed by atoms with Crippen molar-refractivity contribution in [2.75, 3.05) is 26.2 Å². The van der Waals surface area contributed by atoms with Gasteiger partial charge in [-0.3, -0.25) is 4.90 Å². The van der Waals surface area contributed by atoms with Crippen molar-refractivity contribution in [1.82, 2.24) is 9.66 Å². The second-order valence-electron chi connectivity index (χ2n) is 6.75.